The summed E-state index contributed by atoms with van der Waals surface area (Å²) in [6, 6.07) is 12.2. The van der Waals surface area contributed by atoms with Crippen LogP contribution < -0.4 is 10.1 Å². The van der Waals surface area contributed by atoms with Crippen molar-refractivity contribution in [1.82, 2.24) is 5.32 Å². The summed E-state index contributed by atoms with van der Waals surface area (Å²) in [6.45, 7) is 1.58. The summed E-state index contributed by atoms with van der Waals surface area (Å²) < 4.78 is 17.7. The van der Waals surface area contributed by atoms with Gasteiger partial charge in [-0.2, -0.15) is 0 Å². The molecule has 0 aliphatic heterocycles. The lowest BCUT2D eigenvalue weighted by Gasteiger charge is -2.07. The Kier molecular flexibility index (Phi) is 4.66. The number of halogens is 1. The predicted molar refractivity (Wildman–Crippen MR) is 75.3 cm³/mol. The van der Waals surface area contributed by atoms with Crippen LogP contribution in [0.3, 0.4) is 0 Å². The van der Waals surface area contributed by atoms with E-state index in [1.807, 2.05) is 0 Å². The van der Waals surface area contributed by atoms with E-state index in [-0.39, 0.29) is 18.3 Å². The minimum absolute atomic E-state index is 0.289. The normalized spacial score (nSPS) is 10.0. The van der Waals surface area contributed by atoms with Gasteiger partial charge in [-0.15, -0.1) is 0 Å². The Hall–Kier alpha value is -2.69. The third-order valence-corrected chi connectivity index (χ3v) is 2.72. The van der Waals surface area contributed by atoms with E-state index >= 15 is 0 Å². The molecule has 0 aromatic heterocycles. The molecule has 0 bridgehead atoms. The fraction of sp³-hybridized carbons (Fsp3) is 0.125. The van der Waals surface area contributed by atoms with Crippen LogP contribution in [0.15, 0.2) is 48.5 Å². The van der Waals surface area contributed by atoms with Crippen LogP contribution in [0.1, 0.15) is 22.8 Å². The number of carbonyl (C=O) groups is 2. The number of hydrogen-bond donors (Lipinski definition) is 1. The van der Waals surface area contributed by atoms with Crippen molar-refractivity contribution in [3.8, 4) is 5.75 Å². The lowest BCUT2D eigenvalue weighted by Crippen LogP contribution is -2.22. The zero-order valence-electron chi connectivity index (χ0n) is 11.4. The second kappa shape index (κ2) is 6.65. The number of esters is 1. The largest absolute Gasteiger partial charge is 0.427 e. The number of nitrogens with one attached hydrogen (secondary N) is 1. The first-order valence-electron chi connectivity index (χ1n) is 6.36. The molecule has 21 heavy (non-hydrogen) atoms. The van der Waals surface area contributed by atoms with Crippen LogP contribution in [-0.4, -0.2) is 11.9 Å². The van der Waals surface area contributed by atoms with E-state index in [1.54, 1.807) is 30.3 Å². The standard InChI is InChI=1S/C16H14FNO3/c1-11(19)21-15-4-2-3-13(9-15)16(20)18-10-12-5-7-14(17)8-6-12/h2-9H,10H2,1H3,(H,18,20). The topological polar surface area (TPSA) is 55.4 Å². The van der Waals surface area contributed by atoms with E-state index in [0.29, 0.717) is 11.3 Å². The summed E-state index contributed by atoms with van der Waals surface area (Å²) in [4.78, 5) is 22.9. The van der Waals surface area contributed by atoms with Crippen LogP contribution in [0, 0.1) is 5.82 Å². The van der Waals surface area contributed by atoms with Gasteiger partial charge in [-0.3, -0.25) is 9.59 Å². The van der Waals surface area contributed by atoms with E-state index in [0.717, 1.165) is 5.56 Å². The van der Waals surface area contributed by atoms with E-state index in [2.05, 4.69) is 5.32 Å². The van der Waals surface area contributed by atoms with Crippen LogP contribution >= 0.6 is 0 Å². The minimum Gasteiger partial charge on any atom is -0.427 e. The molecular weight excluding hydrogens is 273 g/mol. The fourth-order valence-electron chi connectivity index (χ4n) is 1.75. The third kappa shape index (κ3) is 4.42. The van der Waals surface area contributed by atoms with Gasteiger partial charge in [0.15, 0.2) is 0 Å². The van der Waals surface area contributed by atoms with Crippen molar-refractivity contribution < 1.29 is 18.7 Å². The van der Waals surface area contributed by atoms with Crippen molar-refractivity contribution in [1.29, 1.82) is 0 Å². The van der Waals surface area contributed by atoms with Crippen molar-refractivity contribution >= 4 is 11.9 Å². The molecule has 0 saturated heterocycles. The van der Waals surface area contributed by atoms with Gasteiger partial charge >= 0.3 is 5.97 Å². The molecule has 108 valence electrons. The Labute approximate surface area is 121 Å². The highest BCUT2D eigenvalue weighted by molar-refractivity contribution is 5.94. The smallest absolute Gasteiger partial charge is 0.308 e. The monoisotopic (exact) mass is 287 g/mol. The fourth-order valence-corrected chi connectivity index (χ4v) is 1.75. The summed E-state index contributed by atoms with van der Waals surface area (Å²) in [5.74, 6) is -0.747. The highest BCUT2D eigenvalue weighted by Gasteiger charge is 2.07. The molecule has 0 saturated carbocycles. The molecule has 5 heteroatoms. The van der Waals surface area contributed by atoms with E-state index in [1.165, 1.54) is 25.1 Å². The number of carbonyl (C=O) groups excluding carboxylic acids is 2. The Morgan fingerprint density at radius 2 is 1.86 bits per heavy atom. The Morgan fingerprint density at radius 3 is 2.52 bits per heavy atom. The molecule has 0 aliphatic carbocycles. The second-order valence-electron chi connectivity index (χ2n) is 4.43. The number of ether oxygens (including phenoxy) is 1. The molecule has 0 heterocycles. The van der Waals surface area contributed by atoms with Crippen molar-refractivity contribution in [3.05, 3.63) is 65.5 Å². The van der Waals surface area contributed by atoms with Crippen molar-refractivity contribution in [2.45, 2.75) is 13.5 Å². The zero-order chi connectivity index (χ0) is 15.2. The van der Waals surface area contributed by atoms with Crippen LogP contribution in [0.25, 0.3) is 0 Å². The Bertz CT molecular complexity index is 653. The minimum atomic E-state index is -0.445. The molecule has 4 nitrogen and oxygen atoms in total. The highest BCUT2D eigenvalue weighted by atomic mass is 19.1. The maximum atomic E-state index is 12.8. The Balaban J connectivity index is 1.99. The van der Waals surface area contributed by atoms with Gasteiger partial charge in [-0.1, -0.05) is 18.2 Å². The van der Waals surface area contributed by atoms with Crippen molar-refractivity contribution in [2.24, 2.45) is 0 Å². The third-order valence-electron chi connectivity index (χ3n) is 2.72. The highest BCUT2D eigenvalue weighted by Crippen LogP contribution is 2.13. The Morgan fingerprint density at radius 1 is 1.14 bits per heavy atom. The van der Waals surface area contributed by atoms with Crippen molar-refractivity contribution in [2.75, 3.05) is 0 Å². The molecule has 0 aliphatic rings. The first kappa shape index (κ1) is 14.7. The van der Waals surface area contributed by atoms with Crippen LogP contribution in [0.2, 0.25) is 0 Å². The first-order valence-corrected chi connectivity index (χ1v) is 6.36. The van der Waals surface area contributed by atoms with Gasteiger partial charge in [0.1, 0.15) is 11.6 Å². The number of benzene rings is 2. The summed E-state index contributed by atoms with van der Waals surface area (Å²) in [7, 11) is 0. The molecule has 1 N–H and O–H groups in total. The van der Waals surface area contributed by atoms with Gasteiger partial charge in [0.25, 0.3) is 5.91 Å². The van der Waals surface area contributed by atoms with E-state index < -0.39 is 5.97 Å². The lowest BCUT2D eigenvalue weighted by molar-refractivity contribution is -0.131. The quantitative estimate of drug-likeness (QED) is 0.695. The van der Waals surface area contributed by atoms with E-state index in [9.17, 15) is 14.0 Å². The second-order valence-corrected chi connectivity index (χ2v) is 4.43. The maximum absolute atomic E-state index is 12.8. The number of rotatable bonds is 4. The molecule has 0 spiro atoms. The van der Waals surface area contributed by atoms with Gasteiger partial charge in [0.2, 0.25) is 0 Å². The van der Waals surface area contributed by atoms with Gasteiger partial charge in [0, 0.05) is 19.0 Å². The molecule has 0 radical (unpaired) electrons. The molecule has 2 aromatic rings. The predicted octanol–water partition coefficient (Wildman–Crippen LogP) is 2.68. The molecule has 2 aromatic carbocycles. The molecule has 0 fully saturated rings. The molecule has 0 atom stereocenters. The molecular formula is C16H14FNO3. The molecule has 0 unspecified atom stereocenters. The first-order chi connectivity index (χ1) is 10.0. The van der Waals surface area contributed by atoms with Crippen LogP contribution in [-0.2, 0) is 11.3 Å². The van der Waals surface area contributed by atoms with Gasteiger partial charge in [0.05, 0.1) is 0 Å². The number of amides is 1. The van der Waals surface area contributed by atoms with Crippen LogP contribution in [0.4, 0.5) is 4.39 Å². The number of hydrogen-bond acceptors (Lipinski definition) is 3. The lowest BCUT2D eigenvalue weighted by atomic mass is 10.2. The summed E-state index contributed by atoms with van der Waals surface area (Å²) in [6.07, 6.45) is 0. The molecule has 2 rings (SSSR count). The van der Waals surface area contributed by atoms with Gasteiger partial charge < -0.3 is 10.1 Å². The molecule has 1 amide bonds. The van der Waals surface area contributed by atoms with Crippen molar-refractivity contribution in [3.63, 3.8) is 0 Å². The van der Waals surface area contributed by atoms with E-state index in [4.69, 9.17) is 4.74 Å². The zero-order valence-corrected chi connectivity index (χ0v) is 11.4. The summed E-state index contributed by atoms with van der Waals surface area (Å²) >= 11 is 0. The van der Waals surface area contributed by atoms with Gasteiger partial charge in [-0.05, 0) is 35.9 Å². The average Bonchev–Trinajstić information content (AvgIpc) is 2.46. The van der Waals surface area contributed by atoms with Gasteiger partial charge in [-0.25, -0.2) is 4.39 Å². The summed E-state index contributed by atoms with van der Waals surface area (Å²) in [5.41, 5.74) is 1.18. The average molecular weight is 287 g/mol. The summed E-state index contributed by atoms with van der Waals surface area (Å²) in [5, 5.41) is 2.71. The van der Waals surface area contributed by atoms with Crippen LogP contribution in [0.5, 0.6) is 5.75 Å². The SMILES string of the molecule is CC(=O)Oc1cccc(C(=O)NCc2ccc(F)cc2)c1. The maximum Gasteiger partial charge on any atom is 0.308 e.